The minimum Gasteiger partial charge on any atom is -0.492 e. The van der Waals surface area contributed by atoms with Gasteiger partial charge in [-0.05, 0) is 36.6 Å². The minimum absolute atomic E-state index is 0.314. The first kappa shape index (κ1) is 17.9. The van der Waals surface area contributed by atoms with Crippen LogP contribution in [-0.2, 0) is 23.2 Å². The van der Waals surface area contributed by atoms with Crippen molar-refractivity contribution in [2.24, 2.45) is 0 Å². The fourth-order valence-corrected chi connectivity index (χ4v) is 4.23. The Labute approximate surface area is 150 Å². The molecule has 1 aliphatic rings. The first-order valence-electron chi connectivity index (χ1n) is 8.44. The van der Waals surface area contributed by atoms with E-state index < -0.39 is 10.2 Å². The Morgan fingerprint density at radius 3 is 2.48 bits per heavy atom. The molecule has 0 bridgehead atoms. The van der Waals surface area contributed by atoms with Crippen LogP contribution in [0.15, 0.2) is 48.5 Å². The number of fused-ring (bicyclic) bond motifs is 1. The van der Waals surface area contributed by atoms with E-state index in [1.54, 1.807) is 11.4 Å². The van der Waals surface area contributed by atoms with Gasteiger partial charge in [0.15, 0.2) is 0 Å². The molecule has 3 rings (SSSR count). The van der Waals surface area contributed by atoms with Crippen LogP contribution in [-0.4, -0.2) is 43.8 Å². The molecule has 25 heavy (non-hydrogen) atoms. The summed E-state index contributed by atoms with van der Waals surface area (Å²) in [4.78, 5) is 0. The number of aryl methyl sites for hydroxylation is 1. The van der Waals surface area contributed by atoms with Crippen LogP contribution in [0.1, 0.15) is 16.7 Å². The van der Waals surface area contributed by atoms with Crippen molar-refractivity contribution in [2.75, 3.05) is 26.7 Å². The lowest BCUT2D eigenvalue weighted by Crippen LogP contribution is -2.45. The minimum atomic E-state index is -3.48. The molecule has 0 radical (unpaired) electrons. The van der Waals surface area contributed by atoms with Crippen molar-refractivity contribution in [1.29, 1.82) is 0 Å². The summed E-state index contributed by atoms with van der Waals surface area (Å²) in [5, 5.41) is 0. The van der Waals surface area contributed by atoms with Crippen LogP contribution in [0.2, 0.25) is 0 Å². The van der Waals surface area contributed by atoms with Gasteiger partial charge in [0.2, 0.25) is 0 Å². The van der Waals surface area contributed by atoms with Crippen molar-refractivity contribution in [3.8, 4) is 5.75 Å². The zero-order valence-corrected chi connectivity index (χ0v) is 15.5. The largest absolute Gasteiger partial charge is 0.492 e. The van der Waals surface area contributed by atoms with Gasteiger partial charge in [-0.2, -0.15) is 17.0 Å². The molecule has 0 fully saturated rings. The maximum atomic E-state index is 12.8. The molecule has 0 N–H and O–H groups in total. The third-order valence-corrected chi connectivity index (χ3v) is 6.45. The predicted molar refractivity (Wildman–Crippen MR) is 98.8 cm³/mol. The quantitative estimate of drug-likeness (QED) is 0.796. The molecular weight excluding hydrogens is 336 g/mol. The molecule has 134 valence electrons. The van der Waals surface area contributed by atoms with Gasteiger partial charge in [-0.25, -0.2) is 0 Å². The van der Waals surface area contributed by atoms with Crippen LogP contribution in [0.25, 0.3) is 0 Å². The molecular formula is C19H24N2O3S. The summed E-state index contributed by atoms with van der Waals surface area (Å²) in [7, 11) is -1.87. The number of ether oxygens (including phenoxy) is 1. The summed E-state index contributed by atoms with van der Waals surface area (Å²) >= 11 is 0. The van der Waals surface area contributed by atoms with Crippen molar-refractivity contribution < 1.29 is 13.2 Å². The molecule has 2 aromatic rings. The highest BCUT2D eigenvalue weighted by atomic mass is 32.2. The van der Waals surface area contributed by atoms with Gasteiger partial charge >= 0.3 is 0 Å². The van der Waals surface area contributed by atoms with Crippen LogP contribution in [0.4, 0.5) is 0 Å². The summed E-state index contributed by atoms with van der Waals surface area (Å²) in [5.74, 6) is 0.753. The summed E-state index contributed by atoms with van der Waals surface area (Å²) in [6.07, 6.45) is 0.753. The van der Waals surface area contributed by atoms with Crippen LogP contribution < -0.4 is 4.74 Å². The lowest BCUT2D eigenvalue weighted by atomic mass is 10.0. The highest BCUT2D eigenvalue weighted by Gasteiger charge is 2.29. The molecule has 5 nitrogen and oxygen atoms in total. The molecule has 0 aromatic heterocycles. The normalized spacial score (nSPS) is 15.2. The lowest BCUT2D eigenvalue weighted by Gasteiger charge is -2.31. The topological polar surface area (TPSA) is 49.9 Å². The van der Waals surface area contributed by atoms with Crippen LogP contribution >= 0.6 is 0 Å². The first-order valence-corrected chi connectivity index (χ1v) is 9.84. The second-order valence-corrected chi connectivity index (χ2v) is 8.38. The molecule has 0 aliphatic carbocycles. The van der Waals surface area contributed by atoms with Gasteiger partial charge in [-0.3, -0.25) is 0 Å². The molecule has 0 spiro atoms. The fourth-order valence-electron chi connectivity index (χ4n) is 2.91. The van der Waals surface area contributed by atoms with E-state index in [0.717, 1.165) is 23.3 Å². The molecule has 0 atom stereocenters. The highest BCUT2D eigenvalue weighted by molar-refractivity contribution is 7.86. The van der Waals surface area contributed by atoms with Gasteiger partial charge in [0.1, 0.15) is 12.4 Å². The third-order valence-electron chi connectivity index (χ3n) is 4.51. The molecule has 0 saturated heterocycles. The van der Waals surface area contributed by atoms with Gasteiger partial charge in [0, 0.05) is 26.7 Å². The molecule has 0 amide bonds. The number of nitrogens with zero attached hydrogens (tertiary/aromatic N) is 2. The Kier molecular flexibility index (Phi) is 5.42. The second kappa shape index (κ2) is 7.56. The number of hydrogen-bond acceptors (Lipinski definition) is 3. The van der Waals surface area contributed by atoms with E-state index in [-0.39, 0.29) is 0 Å². The number of hydrogen-bond donors (Lipinski definition) is 0. The van der Waals surface area contributed by atoms with E-state index in [2.05, 4.69) is 6.07 Å². The fraction of sp³-hybridized carbons (Fsp3) is 0.368. The van der Waals surface area contributed by atoms with Crippen molar-refractivity contribution in [2.45, 2.75) is 19.9 Å². The third kappa shape index (κ3) is 4.21. The van der Waals surface area contributed by atoms with Gasteiger partial charge < -0.3 is 4.74 Å². The molecule has 2 aromatic carbocycles. The molecule has 0 unspecified atom stereocenters. The summed E-state index contributed by atoms with van der Waals surface area (Å²) < 4.78 is 34.1. The standard InChI is InChI=1S/C19H24N2O3S/c1-16-7-9-19(10-8-16)24-14-13-20(2)25(22,23)21-12-11-17-5-3-4-6-18(17)15-21/h3-10H,11-15H2,1-2H3. The van der Waals surface area contributed by atoms with Gasteiger partial charge in [-0.1, -0.05) is 42.0 Å². The number of benzene rings is 2. The lowest BCUT2D eigenvalue weighted by molar-refractivity contribution is 0.273. The molecule has 0 saturated carbocycles. The van der Waals surface area contributed by atoms with Gasteiger partial charge in [0.25, 0.3) is 10.2 Å². The van der Waals surface area contributed by atoms with Crippen molar-refractivity contribution >= 4 is 10.2 Å². The van der Waals surface area contributed by atoms with Crippen LogP contribution in [0.5, 0.6) is 5.75 Å². The Hall–Kier alpha value is -1.89. The maximum absolute atomic E-state index is 12.8. The van der Waals surface area contributed by atoms with E-state index in [0.29, 0.717) is 26.2 Å². The van der Waals surface area contributed by atoms with Crippen molar-refractivity contribution in [3.05, 3.63) is 65.2 Å². The average Bonchev–Trinajstić information content (AvgIpc) is 2.62. The van der Waals surface area contributed by atoms with E-state index in [9.17, 15) is 8.42 Å². The van der Waals surface area contributed by atoms with Crippen molar-refractivity contribution in [1.82, 2.24) is 8.61 Å². The van der Waals surface area contributed by atoms with Crippen LogP contribution in [0, 0.1) is 6.92 Å². The molecule has 6 heteroatoms. The second-order valence-electron chi connectivity index (χ2n) is 6.34. The van der Waals surface area contributed by atoms with E-state index in [1.165, 1.54) is 9.87 Å². The van der Waals surface area contributed by atoms with Crippen LogP contribution in [0.3, 0.4) is 0 Å². The smallest absolute Gasteiger partial charge is 0.282 e. The zero-order valence-electron chi connectivity index (χ0n) is 14.7. The maximum Gasteiger partial charge on any atom is 0.282 e. The zero-order chi connectivity index (χ0) is 17.9. The predicted octanol–water partition coefficient (Wildman–Crippen LogP) is 2.61. The molecule has 1 aliphatic heterocycles. The summed E-state index contributed by atoms with van der Waals surface area (Å²) in [6, 6.07) is 15.8. The summed E-state index contributed by atoms with van der Waals surface area (Å²) in [5.41, 5.74) is 3.48. The van der Waals surface area contributed by atoms with E-state index >= 15 is 0 Å². The number of rotatable bonds is 6. The number of likely N-dealkylation sites (N-methyl/N-ethyl adjacent to an activating group) is 1. The Balaban J connectivity index is 1.57. The van der Waals surface area contributed by atoms with Gasteiger partial charge in [0.05, 0.1) is 0 Å². The summed E-state index contributed by atoms with van der Waals surface area (Å²) in [6.45, 7) is 3.60. The Bertz CT molecular complexity index is 819. The van der Waals surface area contributed by atoms with E-state index in [1.807, 2.05) is 49.4 Å². The Morgan fingerprint density at radius 2 is 1.76 bits per heavy atom. The van der Waals surface area contributed by atoms with E-state index in [4.69, 9.17) is 4.74 Å². The Morgan fingerprint density at radius 1 is 1.08 bits per heavy atom. The highest BCUT2D eigenvalue weighted by Crippen LogP contribution is 2.22. The monoisotopic (exact) mass is 360 g/mol. The first-order chi connectivity index (χ1) is 12.0. The van der Waals surface area contributed by atoms with Gasteiger partial charge in [-0.15, -0.1) is 0 Å². The van der Waals surface area contributed by atoms with Crippen molar-refractivity contribution in [3.63, 3.8) is 0 Å². The SMILES string of the molecule is Cc1ccc(OCCN(C)S(=O)(=O)N2CCc3ccccc3C2)cc1. The average molecular weight is 360 g/mol. The molecule has 1 heterocycles.